The summed E-state index contributed by atoms with van der Waals surface area (Å²) in [7, 11) is 0. The van der Waals surface area contributed by atoms with Gasteiger partial charge < -0.3 is 10.6 Å². The maximum atomic E-state index is 11.9. The molecule has 1 aromatic carbocycles. The van der Waals surface area contributed by atoms with Crippen molar-refractivity contribution < 1.29 is 14.4 Å². The van der Waals surface area contributed by atoms with Gasteiger partial charge in [0.05, 0.1) is 4.88 Å². The Morgan fingerprint density at radius 3 is 2.54 bits per heavy atom. The van der Waals surface area contributed by atoms with Gasteiger partial charge in [0, 0.05) is 22.1 Å². The second-order valence-electron chi connectivity index (χ2n) is 5.19. The molecule has 1 heterocycles. The number of benzene rings is 1. The molecule has 0 atom stereocenters. The molecule has 2 rings (SSSR count). The second kappa shape index (κ2) is 8.08. The van der Waals surface area contributed by atoms with Crippen LogP contribution in [0.1, 0.15) is 27.0 Å². The minimum atomic E-state index is -0.740. The van der Waals surface area contributed by atoms with E-state index in [0.29, 0.717) is 34.1 Å². The van der Waals surface area contributed by atoms with E-state index in [1.807, 2.05) is 6.07 Å². The van der Waals surface area contributed by atoms with E-state index in [9.17, 15) is 14.4 Å². The third-order valence-corrected chi connectivity index (χ3v) is 5.04. The minimum absolute atomic E-state index is 0.0200. The predicted molar refractivity (Wildman–Crippen MR) is 95.9 cm³/mol. The average Bonchev–Trinajstić information content (AvgIpc) is 3.01. The molecule has 1 aromatic heterocycles. The summed E-state index contributed by atoms with van der Waals surface area (Å²) < 4.78 is 0. The Kier molecular flexibility index (Phi) is 6.11. The van der Waals surface area contributed by atoms with Gasteiger partial charge in [0.2, 0.25) is 0 Å². The number of Topliss-reactive ketones (excluding diaryl/α,β-unsaturated/α-hetero) is 1. The van der Waals surface area contributed by atoms with Crippen molar-refractivity contribution in [2.75, 3.05) is 11.9 Å². The maximum Gasteiger partial charge on any atom is 0.313 e. The molecule has 0 radical (unpaired) electrons. The van der Waals surface area contributed by atoms with Crippen LogP contribution in [0.25, 0.3) is 0 Å². The molecule has 126 valence electrons. The van der Waals surface area contributed by atoms with E-state index in [2.05, 4.69) is 10.6 Å². The van der Waals surface area contributed by atoms with Crippen molar-refractivity contribution in [3.63, 3.8) is 0 Å². The van der Waals surface area contributed by atoms with Crippen LogP contribution in [0.4, 0.5) is 5.69 Å². The molecule has 2 aromatic rings. The molecule has 0 spiro atoms. The van der Waals surface area contributed by atoms with E-state index >= 15 is 0 Å². The van der Waals surface area contributed by atoms with Gasteiger partial charge in [-0.2, -0.15) is 0 Å². The van der Waals surface area contributed by atoms with Crippen LogP contribution < -0.4 is 10.6 Å². The number of hydrogen-bond donors (Lipinski definition) is 2. The number of carbonyl (C=O) groups excluding carboxylic acids is 3. The molecule has 0 unspecified atom stereocenters. The third-order valence-electron chi connectivity index (χ3n) is 3.39. The number of ketones is 1. The summed E-state index contributed by atoms with van der Waals surface area (Å²) in [5.74, 6) is -1.43. The third kappa shape index (κ3) is 4.66. The molecule has 0 aliphatic carbocycles. The van der Waals surface area contributed by atoms with Crippen molar-refractivity contribution in [1.29, 1.82) is 0 Å². The molecule has 0 aliphatic rings. The molecule has 24 heavy (non-hydrogen) atoms. The van der Waals surface area contributed by atoms with Crippen molar-refractivity contribution in [3.05, 3.63) is 50.7 Å². The summed E-state index contributed by atoms with van der Waals surface area (Å²) in [5.41, 5.74) is 1.21. The standard InChI is InChI=1S/C17H17ClN2O3S/c1-10-13(18)4-3-5-14(10)20-17(23)16(22)19-9-8-12-6-7-15(24-12)11(2)21/h3-7H,8-9H2,1-2H3,(H,19,22)(H,20,23). The van der Waals surface area contributed by atoms with E-state index in [0.717, 1.165) is 4.88 Å². The van der Waals surface area contributed by atoms with Gasteiger partial charge in [-0.3, -0.25) is 14.4 Å². The van der Waals surface area contributed by atoms with E-state index in [1.54, 1.807) is 31.2 Å². The Hall–Kier alpha value is -2.18. The van der Waals surface area contributed by atoms with Crippen LogP contribution in [0.3, 0.4) is 0 Å². The number of anilines is 1. The van der Waals surface area contributed by atoms with Gasteiger partial charge >= 0.3 is 11.8 Å². The summed E-state index contributed by atoms with van der Waals surface area (Å²) >= 11 is 7.37. The lowest BCUT2D eigenvalue weighted by molar-refractivity contribution is -0.136. The van der Waals surface area contributed by atoms with Crippen LogP contribution >= 0.6 is 22.9 Å². The first-order valence-corrected chi connectivity index (χ1v) is 8.52. The van der Waals surface area contributed by atoms with Crippen LogP contribution in [0.2, 0.25) is 5.02 Å². The molecular weight excluding hydrogens is 348 g/mol. The van der Waals surface area contributed by atoms with Crippen LogP contribution in [0.15, 0.2) is 30.3 Å². The van der Waals surface area contributed by atoms with Gasteiger partial charge in [-0.15, -0.1) is 11.3 Å². The van der Waals surface area contributed by atoms with Crippen molar-refractivity contribution in [3.8, 4) is 0 Å². The lowest BCUT2D eigenvalue weighted by Gasteiger charge is -2.09. The summed E-state index contributed by atoms with van der Waals surface area (Å²) in [6, 6.07) is 8.71. The Labute approximate surface area is 149 Å². The highest BCUT2D eigenvalue weighted by Crippen LogP contribution is 2.22. The molecule has 5 nitrogen and oxygen atoms in total. The highest BCUT2D eigenvalue weighted by molar-refractivity contribution is 7.14. The van der Waals surface area contributed by atoms with Crippen LogP contribution in [0.5, 0.6) is 0 Å². The fourth-order valence-corrected chi connectivity index (χ4v) is 3.08. The summed E-state index contributed by atoms with van der Waals surface area (Å²) in [5, 5.41) is 5.62. The molecule has 7 heteroatoms. The van der Waals surface area contributed by atoms with Gasteiger partial charge in [0.25, 0.3) is 0 Å². The van der Waals surface area contributed by atoms with Crippen LogP contribution in [0, 0.1) is 6.92 Å². The highest BCUT2D eigenvalue weighted by Gasteiger charge is 2.15. The van der Waals surface area contributed by atoms with Crippen molar-refractivity contribution in [2.24, 2.45) is 0 Å². The lowest BCUT2D eigenvalue weighted by atomic mass is 10.2. The zero-order valence-corrected chi connectivity index (χ0v) is 14.9. The van der Waals surface area contributed by atoms with Gasteiger partial charge in [-0.05, 0) is 50.1 Å². The molecule has 0 fully saturated rings. The Bertz CT molecular complexity index is 786. The van der Waals surface area contributed by atoms with Crippen molar-refractivity contribution >= 4 is 46.2 Å². The largest absolute Gasteiger partial charge is 0.347 e. The minimum Gasteiger partial charge on any atom is -0.347 e. The zero-order valence-electron chi connectivity index (χ0n) is 13.3. The number of carbonyl (C=O) groups is 3. The van der Waals surface area contributed by atoms with E-state index in [4.69, 9.17) is 11.6 Å². The summed E-state index contributed by atoms with van der Waals surface area (Å²) in [4.78, 5) is 36.6. The van der Waals surface area contributed by atoms with E-state index in [-0.39, 0.29) is 5.78 Å². The fourth-order valence-electron chi connectivity index (χ4n) is 2.00. The first kappa shape index (κ1) is 18.2. The Morgan fingerprint density at radius 1 is 1.12 bits per heavy atom. The van der Waals surface area contributed by atoms with E-state index in [1.165, 1.54) is 18.3 Å². The monoisotopic (exact) mass is 364 g/mol. The number of thiophene rings is 1. The molecule has 0 bridgehead atoms. The number of amides is 2. The SMILES string of the molecule is CC(=O)c1ccc(CCNC(=O)C(=O)Nc2cccc(Cl)c2C)s1. The number of rotatable bonds is 5. The maximum absolute atomic E-state index is 11.9. The molecule has 2 N–H and O–H groups in total. The first-order chi connectivity index (χ1) is 11.4. The number of nitrogens with one attached hydrogen (secondary N) is 2. The van der Waals surface area contributed by atoms with Gasteiger partial charge in [-0.25, -0.2) is 0 Å². The molecule has 0 aliphatic heterocycles. The Balaban J connectivity index is 1.84. The van der Waals surface area contributed by atoms with Crippen molar-refractivity contribution in [2.45, 2.75) is 20.3 Å². The van der Waals surface area contributed by atoms with Gasteiger partial charge in [0.1, 0.15) is 0 Å². The normalized spacial score (nSPS) is 10.3. The van der Waals surface area contributed by atoms with E-state index < -0.39 is 11.8 Å². The molecule has 0 saturated heterocycles. The quantitative estimate of drug-likeness (QED) is 0.632. The topological polar surface area (TPSA) is 75.3 Å². The summed E-state index contributed by atoms with van der Waals surface area (Å²) in [6.07, 6.45) is 0.563. The van der Waals surface area contributed by atoms with Gasteiger partial charge in [-0.1, -0.05) is 17.7 Å². The lowest BCUT2D eigenvalue weighted by Crippen LogP contribution is -2.36. The molecule has 2 amide bonds. The molecule has 0 saturated carbocycles. The highest BCUT2D eigenvalue weighted by atomic mass is 35.5. The zero-order chi connectivity index (χ0) is 17.7. The van der Waals surface area contributed by atoms with Crippen LogP contribution in [-0.4, -0.2) is 24.1 Å². The average molecular weight is 365 g/mol. The Morgan fingerprint density at radius 2 is 1.88 bits per heavy atom. The van der Waals surface area contributed by atoms with Crippen LogP contribution in [-0.2, 0) is 16.0 Å². The molecular formula is C17H17ClN2O3S. The van der Waals surface area contributed by atoms with Gasteiger partial charge in [0.15, 0.2) is 5.78 Å². The number of halogens is 1. The number of hydrogen-bond acceptors (Lipinski definition) is 4. The predicted octanol–water partition coefficient (Wildman–Crippen LogP) is 3.21. The smallest absolute Gasteiger partial charge is 0.313 e. The fraction of sp³-hybridized carbons (Fsp3) is 0.235. The summed E-state index contributed by atoms with van der Waals surface area (Å²) in [6.45, 7) is 3.59. The second-order valence-corrected chi connectivity index (χ2v) is 6.77. The first-order valence-electron chi connectivity index (χ1n) is 7.32. The van der Waals surface area contributed by atoms with Crippen molar-refractivity contribution in [1.82, 2.24) is 5.32 Å².